The molecule has 0 N–H and O–H groups in total. The smallest absolute Gasteiger partial charge is 0.275 e. The Labute approximate surface area is 167 Å². The number of rotatable bonds is 3. The Morgan fingerprint density at radius 2 is 1.90 bits per heavy atom. The SMILES string of the molecule is O=C(c1nn(-c2ccc(F)c(F)c2)c2c1CCC2)N1CCCCC1C1OCCO1. The lowest BCUT2D eigenvalue weighted by atomic mass is 10.0. The largest absolute Gasteiger partial charge is 0.348 e. The van der Waals surface area contributed by atoms with Crippen LogP contribution in [0.4, 0.5) is 8.78 Å². The van der Waals surface area contributed by atoms with Gasteiger partial charge in [-0.15, -0.1) is 0 Å². The quantitative estimate of drug-likeness (QED) is 0.791. The van der Waals surface area contributed by atoms with Gasteiger partial charge in [0.1, 0.15) is 0 Å². The number of benzene rings is 1. The molecule has 154 valence electrons. The average Bonchev–Trinajstić information content (AvgIpc) is 3.47. The molecule has 1 atom stereocenters. The summed E-state index contributed by atoms with van der Waals surface area (Å²) in [6.07, 6.45) is 4.83. The normalized spacial score (nSPS) is 22.3. The predicted molar refractivity (Wildman–Crippen MR) is 99.9 cm³/mol. The second-order valence-corrected chi connectivity index (χ2v) is 7.81. The summed E-state index contributed by atoms with van der Waals surface area (Å²) in [5, 5.41) is 4.56. The summed E-state index contributed by atoms with van der Waals surface area (Å²) >= 11 is 0. The molecule has 1 amide bonds. The molecule has 3 aliphatic rings. The molecule has 2 fully saturated rings. The van der Waals surface area contributed by atoms with E-state index in [1.54, 1.807) is 4.68 Å². The van der Waals surface area contributed by atoms with Crippen molar-refractivity contribution >= 4 is 5.91 Å². The third kappa shape index (κ3) is 3.24. The fourth-order valence-corrected chi connectivity index (χ4v) is 4.67. The van der Waals surface area contributed by atoms with E-state index in [9.17, 15) is 13.6 Å². The maximum absolute atomic E-state index is 13.8. The molecular formula is C21H23F2N3O3. The van der Waals surface area contributed by atoms with Crippen LogP contribution in [0, 0.1) is 11.6 Å². The van der Waals surface area contributed by atoms with Crippen LogP contribution < -0.4 is 0 Å². The van der Waals surface area contributed by atoms with E-state index >= 15 is 0 Å². The molecule has 1 unspecified atom stereocenters. The number of nitrogens with zero attached hydrogens (tertiary/aromatic N) is 3. The Bertz CT molecular complexity index is 939. The molecule has 3 heterocycles. The molecule has 2 aliphatic heterocycles. The minimum absolute atomic E-state index is 0.121. The summed E-state index contributed by atoms with van der Waals surface area (Å²) in [4.78, 5) is 15.3. The second kappa shape index (κ2) is 7.50. The van der Waals surface area contributed by atoms with Gasteiger partial charge in [-0.25, -0.2) is 13.5 Å². The Morgan fingerprint density at radius 1 is 1.07 bits per heavy atom. The standard InChI is InChI=1S/C21H23F2N3O3/c22-15-8-7-13(12-16(15)23)26-17-6-3-4-14(17)19(24-26)20(27)25-9-2-1-5-18(25)21-28-10-11-29-21/h7-8,12,18,21H,1-6,9-11H2. The molecular weight excluding hydrogens is 380 g/mol. The summed E-state index contributed by atoms with van der Waals surface area (Å²) in [5.74, 6) is -1.96. The van der Waals surface area contributed by atoms with Gasteiger partial charge in [0.2, 0.25) is 0 Å². The molecule has 1 aromatic heterocycles. The van der Waals surface area contributed by atoms with Gasteiger partial charge in [0.05, 0.1) is 24.9 Å². The van der Waals surface area contributed by atoms with Gasteiger partial charge in [-0.3, -0.25) is 4.79 Å². The number of likely N-dealkylation sites (tertiary alicyclic amines) is 1. The molecule has 5 rings (SSSR count). The number of carbonyl (C=O) groups excluding carboxylic acids is 1. The highest BCUT2D eigenvalue weighted by atomic mass is 19.2. The third-order valence-electron chi connectivity index (χ3n) is 6.05. The minimum Gasteiger partial charge on any atom is -0.348 e. The number of hydrogen-bond donors (Lipinski definition) is 0. The number of piperidine rings is 1. The summed E-state index contributed by atoms with van der Waals surface area (Å²) in [6.45, 7) is 1.73. The minimum atomic E-state index is -0.927. The van der Waals surface area contributed by atoms with Crippen molar-refractivity contribution in [2.45, 2.75) is 50.9 Å². The number of halogens is 2. The monoisotopic (exact) mass is 403 g/mol. The lowest BCUT2D eigenvalue weighted by molar-refractivity contribution is -0.100. The number of hydrogen-bond acceptors (Lipinski definition) is 4. The predicted octanol–water partition coefficient (Wildman–Crippen LogP) is 3.01. The zero-order valence-corrected chi connectivity index (χ0v) is 16.1. The molecule has 2 saturated heterocycles. The molecule has 0 bridgehead atoms. The van der Waals surface area contributed by atoms with Gasteiger partial charge < -0.3 is 14.4 Å². The first-order chi connectivity index (χ1) is 14.1. The van der Waals surface area contributed by atoms with Crippen LogP contribution in [-0.2, 0) is 22.3 Å². The van der Waals surface area contributed by atoms with E-state index in [0.29, 0.717) is 31.1 Å². The van der Waals surface area contributed by atoms with Crippen LogP contribution in [0.1, 0.15) is 47.4 Å². The summed E-state index contributed by atoms with van der Waals surface area (Å²) in [6, 6.07) is 3.58. The first-order valence-electron chi connectivity index (χ1n) is 10.2. The van der Waals surface area contributed by atoms with Crippen molar-refractivity contribution in [3.63, 3.8) is 0 Å². The molecule has 29 heavy (non-hydrogen) atoms. The average molecular weight is 403 g/mol. The van der Waals surface area contributed by atoms with Crippen molar-refractivity contribution < 1.29 is 23.0 Å². The van der Waals surface area contributed by atoms with E-state index in [2.05, 4.69) is 5.10 Å². The van der Waals surface area contributed by atoms with Crippen molar-refractivity contribution in [1.29, 1.82) is 0 Å². The van der Waals surface area contributed by atoms with Gasteiger partial charge in [-0.2, -0.15) is 5.10 Å². The highest BCUT2D eigenvalue weighted by molar-refractivity contribution is 5.94. The molecule has 0 spiro atoms. The van der Waals surface area contributed by atoms with E-state index in [1.807, 2.05) is 4.90 Å². The van der Waals surface area contributed by atoms with Gasteiger partial charge >= 0.3 is 0 Å². The molecule has 0 radical (unpaired) electrons. The Kier molecular flexibility index (Phi) is 4.83. The summed E-state index contributed by atoms with van der Waals surface area (Å²) in [7, 11) is 0. The molecule has 0 saturated carbocycles. The highest BCUT2D eigenvalue weighted by Crippen LogP contribution is 2.31. The van der Waals surface area contributed by atoms with Crippen LogP contribution in [0.25, 0.3) is 5.69 Å². The number of carbonyl (C=O) groups is 1. The fourth-order valence-electron chi connectivity index (χ4n) is 4.67. The van der Waals surface area contributed by atoms with Gasteiger partial charge in [0.25, 0.3) is 5.91 Å². The van der Waals surface area contributed by atoms with Crippen LogP contribution in [0.3, 0.4) is 0 Å². The zero-order chi connectivity index (χ0) is 20.0. The van der Waals surface area contributed by atoms with Crippen LogP contribution in [0.5, 0.6) is 0 Å². The Morgan fingerprint density at radius 3 is 2.69 bits per heavy atom. The van der Waals surface area contributed by atoms with E-state index in [-0.39, 0.29) is 18.2 Å². The van der Waals surface area contributed by atoms with Gasteiger partial charge in [0, 0.05) is 23.9 Å². The van der Waals surface area contributed by atoms with Crippen LogP contribution >= 0.6 is 0 Å². The second-order valence-electron chi connectivity index (χ2n) is 7.81. The van der Waals surface area contributed by atoms with Crippen molar-refractivity contribution in [3.05, 3.63) is 46.8 Å². The fraction of sp³-hybridized carbons (Fsp3) is 0.524. The lowest BCUT2D eigenvalue weighted by Gasteiger charge is -2.37. The van der Waals surface area contributed by atoms with E-state index in [1.165, 1.54) is 6.07 Å². The highest BCUT2D eigenvalue weighted by Gasteiger charge is 2.39. The van der Waals surface area contributed by atoms with Gasteiger partial charge in [-0.1, -0.05) is 0 Å². The van der Waals surface area contributed by atoms with Gasteiger partial charge in [-0.05, 0) is 50.7 Å². The first kappa shape index (κ1) is 18.7. The summed E-state index contributed by atoms with van der Waals surface area (Å²) in [5.41, 5.74) is 2.66. The molecule has 8 heteroatoms. The van der Waals surface area contributed by atoms with E-state index < -0.39 is 11.6 Å². The van der Waals surface area contributed by atoms with Crippen LogP contribution in [-0.4, -0.2) is 52.7 Å². The molecule has 1 aromatic carbocycles. The van der Waals surface area contributed by atoms with Crippen molar-refractivity contribution in [3.8, 4) is 5.69 Å². The maximum Gasteiger partial charge on any atom is 0.275 e. The van der Waals surface area contributed by atoms with Crippen molar-refractivity contribution in [1.82, 2.24) is 14.7 Å². The third-order valence-corrected chi connectivity index (χ3v) is 6.05. The van der Waals surface area contributed by atoms with Crippen molar-refractivity contribution in [2.75, 3.05) is 19.8 Å². The van der Waals surface area contributed by atoms with E-state index in [0.717, 1.165) is 61.9 Å². The number of fused-ring (bicyclic) bond motifs is 1. The van der Waals surface area contributed by atoms with Crippen LogP contribution in [0.2, 0.25) is 0 Å². The summed E-state index contributed by atoms with van der Waals surface area (Å²) < 4.78 is 40.1. The number of ether oxygens (including phenoxy) is 2. The number of aromatic nitrogens is 2. The molecule has 1 aliphatic carbocycles. The van der Waals surface area contributed by atoms with Crippen LogP contribution in [0.15, 0.2) is 18.2 Å². The topological polar surface area (TPSA) is 56.6 Å². The number of amides is 1. The first-order valence-corrected chi connectivity index (χ1v) is 10.2. The lowest BCUT2D eigenvalue weighted by Crippen LogP contribution is -2.50. The van der Waals surface area contributed by atoms with Crippen molar-refractivity contribution in [2.24, 2.45) is 0 Å². The zero-order valence-electron chi connectivity index (χ0n) is 16.1. The molecule has 6 nitrogen and oxygen atoms in total. The van der Waals surface area contributed by atoms with E-state index in [4.69, 9.17) is 9.47 Å². The maximum atomic E-state index is 13.8. The Balaban J connectivity index is 1.50. The Hall–Kier alpha value is -2.32. The van der Waals surface area contributed by atoms with Gasteiger partial charge in [0.15, 0.2) is 23.6 Å². The molecule has 2 aromatic rings.